The van der Waals surface area contributed by atoms with Crippen molar-refractivity contribution in [2.24, 2.45) is 17.8 Å². The quantitative estimate of drug-likeness (QED) is 0.163. The van der Waals surface area contributed by atoms with E-state index in [9.17, 15) is 17.6 Å². The number of halogens is 4. The minimum Gasteiger partial charge on any atom is -0.432 e. The fourth-order valence-corrected chi connectivity index (χ4v) is 5.20. The van der Waals surface area contributed by atoms with E-state index in [1.807, 2.05) is 0 Å². The number of rotatable bonds is 12. The zero-order chi connectivity index (χ0) is 25.1. The van der Waals surface area contributed by atoms with Crippen LogP contribution in [0.4, 0.5) is 17.6 Å². The van der Waals surface area contributed by atoms with E-state index < -0.39 is 29.4 Å². The fourth-order valence-electron chi connectivity index (χ4n) is 5.20. The van der Waals surface area contributed by atoms with Crippen molar-refractivity contribution in [3.8, 4) is 5.75 Å². The van der Waals surface area contributed by atoms with Gasteiger partial charge in [-0.1, -0.05) is 30.7 Å². The number of hydrogen-bond acceptors (Lipinski definition) is 2. The summed E-state index contributed by atoms with van der Waals surface area (Å²) in [6, 6.07) is 2.21. The summed E-state index contributed by atoms with van der Waals surface area (Å²) < 4.78 is 66.5. The second-order valence-electron chi connectivity index (χ2n) is 10.1. The predicted octanol–water partition coefficient (Wildman–Crippen LogP) is 9.01. The average molecular weight is 497 g/mol. The first kappa shape index (κ1) is 27.8. The van der Waals surface area contributed by atoms with Gasteiger partial charge in [0.15, 0.2) is 0 Å². The van der Waals surface area contributed by atoms with E-state index in [0.29, 0.717) is 49.7 Å². The van der Waals surface area contributed by atoms with Crippen LogP contribution in [0.25, 0.3) is 0 Å². The Labute approximate surface area is 207 Å². The van der Waals surface area contributed by atoms with Gasteiger partial charge in [-0.2, -0.15) is 8.78 Å². The topological polar surface area (TPSA) is 18.5 Å². The summed E-state index contributed by atoms with van der Waals surface area (Å²) in [4.78, 5) is 0. The fraction of sp³-hybridized carbons (Fsp3) is 0.655. The van der Waals surface area contributed by atoms with Crippen LogP contribution in [0.15, 0.2) is 42.5 Å². The lowest BCUT2D eigenvalue weighted by Crippen LogP contribution is -2.37. The van der Waals surface area contributed by atoms with E-state index in [1.165, 1.54) is 12.8 Å². The van der Waals surface area contributed by atoms with Gasteiger partial charge in [-0.05, 0) is 89.4 Å². The molecule has 0 bridgehead atoms. The summed E-state index contributed by atoms with van der Waals surface area (Å²) in [5.41, 5.74) is 0. The lowest BCUT2D eigenvalue weighted by molar-refractivity contribution is -0.223. The number of hydrogen-bond donors (Lipinski definition) is 0. The summed E-state index contributed by atoms with van der Waals surface area (Å²) in [6.07, 6.45) is 16.9. The molecule has 0 atom stereocenters. The van der Waals surface area contributed by atoms with Crippen LogP contribution in [0.5, 0.6) is 5.75 Å². The number of benzene rings is 1. The Morgan fingerprint density at radius 2 is 1.43 bits per heavy atom. The Hall–Kier alpha value is -1.82. The van der Waals surface area contributed by atoms with Crippen LogP contribution >= 0.6 is 0 Å². The summed E-state index contributed by atoms with van der Waals surface area (Å²) >= 11 is 0. The summed E-state index contributed by atoms with van der Waals surface area (Å²) in [5, 5.41) is 0. The molecule has 0 amide bonds. The standard InChI is InChI=1S/C29H40F4O2/c1-2-3-4-5-6-7-18-34-27-16-12-23(13-17-27)9-8-22-10-14-24(15-11-22)29(32,33)35-28-20-25(30)19-26(31)21-28/h2-3,8-9,19-24,27H,4-7,10-18H2,1H3/b3-2+,9-8+. The molecule has 0 saturated heterocycles. The van der Waals surface area contributed by atoms with E-state index in [4.69, 9.17) is 9.47 Å². The second kappa shape index (κ2) is 14.1. The Morgan fingerprint density at radius 1 is 0.829 bits per heavy atom. The predicted molar refractivity (Wildman–Crippen MR) is 132 cm³/mol. The molecule has 1 aromatic rings. The Morgan fingerprint density at radius 3 is 2.03 bits per heavy atom. The van der Waals surface area contributed by atoms with Gasteiger partial charge in [0.1, 0.15) is 17.4 Å². The van der Waals surface area contributed by atoms with Crippen LogP contribution in [0.1, 0.15) is 84.0 Å². The summed E-state index contributed by atoms with van der Waals surface area (Å²) in [5.74, 6) is -2.44. The summed E-state index contributed by atoms with van der Waals surface area (Å²) in [7, 11) is 0. The maximum atomic E-state index is 14.6. The third-order valence-electron chi connectivity index (χ3n) is 7.32. The largest absolute Gasteiger partial charge is 0.432 e. The molecule has 0 heterocycles. The minimum absolute atomic E-state index is 0.296. The van der Waals surface area contributed by atoms with Gasteiger partial charge in [0.2, 0.25) is 0 Å². The number of unbranched alkanes of at least 4 members (excludes halogenated alkanes) is 3. The van der Waals surface area contributed by atoms with Crippen molar-refractivity contribution in [3.05, 3.63) is 54.1 Å². The molecule has 2 aliphatic rings. The molecule has 0 N–H and O–H groups in total. The third kappa shape index (κ3) is 9.63. The van der Waals surface area contributed by atoms with Crippen molar-refractivity contribution in [3.63, 3.8) is 0 Å². The number of allylic oxidation sites excluding steroid dienone is 4. The SMILES string of the molecule is C/C=C/CCCCCOC1CCC(/C=C/C2CCC(C(F)(F)Oc3cc(F)cc(F)c3)CC2)CC1. The molecular formula is C29H40F4O2. The van der Waals surface area contributed by atoms with Gasteiger partial charge >= 0.3 is 6.11 Å². The highest BCUT2D eigenvalue weighted by Crippen LogP contribution is 2.41. The maximum Gasteiger partial charge on any atom is 0.400 e. The number of alkyl halides is 2. The Kier molecular flexibility index (Phi) is 11.1. The highest BCUT2D eigenvalue weighted by atomic mass is 19.3. The normalized spacial score (nSPS) is 26.0. The first-order chi connectivity index (χ1) is 16.9. The zero-order valence-corrected chi connectivity index (χ0v) is 20.9. The first-order valence-electron chi connectivity index (χ1n) is 13.3. The minimum atomic E-state index is -3.44. The monoisotopic (exact) mass is 496 g/mol. The molecule has 2 fully saturated rings. The van der Waals surface area contributed by atoms with Crippen LogP contribution in [0.2, 0.25) is 0 Å². The molecule has 1 aromatic carbocycles. The van der Waals surface area contributed by atoms with Crippen molar-refractivity contribution in [2.45, 2.75) is 96.2 Å². The molecule has 196 valence electrons. The lowest BCUT2D eigenvalue weighted by atomic mass is 9.80. The van der Waals surface area contributed by atoms with Gasteiger partial charge in [-0.25, -0.2) is 8.78 Å². The molecule has 6 heteroatoms. The smallest absolute Gasteiger partial charge is 0.400 e. The molecule has 2 nitrogen and oxygen atoms in total. The molecule has 0 aliphatic heterocycles. The Balaban J connectivity index is 1.32. The van der Waals surface area contributed by atoms with E-state index in [0.717, 1.165) is 57.3 Å². The molecule has 35 heavy (non-hydrogen) atoms. The highest BCUT2D eigenvalue weighted by molar-refractivity contribution is 5.24. The first-order valence-corrected chi connectivity index (χ1v) is 13.3. The molecule has 0 unspecified atom stereocenters. The van der Waals surface area contributed by atoms with E-state index >= 15 is 0 Å². The van der Waals surface area contributed by atoms with E-state index in [-0.39, 0.29) is 0 Å². The Bertz CT molecular complexity index is 787. The third-order valence-corrected chi connectivity index (χ3v) is 7.32. The van der Waals surface area contributed by atoms with Gasteiger partial charge < -0.3 is 9.47 Å². The maximum absolute atomic E-state index is 14.6. The van der Waals surface area contributed by atoms with Gasteiger partial charge in [0.25, 0.3) is 0 Å². The van der Waals surface area contributed by atoms with Gasteiger partial charge in [-0.3, -0.25) is 0 Å². The molecule has 0 spiro atoms. The average Bonchev–Trinajstić information content (AvgIpc) is 2.82. The van der Waals surface area contributed by atoms with Crippen molar-refractivity contribution in [2.75, 3.05) is 6.61 Å². The molecule has 0 radical (unpaired) electrons. The molecule has 2 saturated carbocycles. The van der Waals surface area contributed by atoms with Gasteiger partial charge in [0, 0.05) is 24.8 Å². The molecule has 3 rings (SSSR count). The zero-order valence-electron chi connectivity index (χ0n) is 20.9. The molecular weight excluding hydrogens is 456 g/mol. The van der Waals surface area contributed by atoms with Crippen molar-refractivity contribution in [1.82, 2.24) is 0 Å². The second-order valence-corrected chi connectivity index (χ2v) is 10.1. The number of ether oxygens (including phenoxy) is 2. The summed E-state index contributed by atoms with van der Waals surface area (Å²) in [6.45, 7) is 2.91. The van der Waals surface area contributed by atoms with Gasteiger partial charge in [0.05, 0.1) is 12.0 Å². The van der Waals surface area contributed by atoms with Crippen molar-refractivity contribution < 1.29 is 27.0 Å². The van der Waals surface area contributed by atoms with Crippen molar-refractivity contribution >= 4 is 0 Å². The van der Waals surface area contributed by atoms with Crippen LogP contribution in [0.3, 0.4) is 0 Å². The van der Waals surface area contributed by atoms with Crippen LogP contribution in [0, 0.1) is 29.4 Å². The molecule has 0 aromatic heterocycles. The molecule has 2 aliphatic carbocycles. The lowest BCUT2D eigenvalue weighted by Gasteiger charge is -2.32. The van der Waals surface area contributed by atoms with Crippen LogP contribution < -0.4 is 4.74 Å². The van der Waals surface area contributed by atoms with Gasteiger partial charge in [-0.15, -0.1) is 0 Å². The van der Waals surface area contributed by atoms with Crippen LogP contribution in [-0.4, -0.2) is 18.8 Å². The van der Waals surface area contributed by atoms with E-state index in [1.54, 1.807) is 0 Å². The van der Waals surface area contributed by atoms with Crippen molar-refractivity contribution in [1.29, 1.82) is 0 Å². The van der Waals surface area contributed by atoms with Crippen LogP contribution in [-0.2, 0) is 4.74 Å². The highest BCUT2D eigenvalue weighted by Gasteiger charge is 2.43. The van der Waals surface area contributed by atoms with E-state index in [2.05, 4.69) is 31.2 Å².